The summed E-state index contributed by atoms with van der Waals surface area (Å²) >= 11 is 1.75. The Balaban J connectivity index is 2.10. The molecule has 2 atom stereocenters. The van der Waals surface area contributed by atoms with Gasteiger partial charge in [-0.2, -0.15) is 11.3 Å². The molecule has 2 rings (SSSR count). The summed E-state index contributed by atoms with van der Waals surface area (Å²) in [6.45, 7) is 3.21. The van der Waals surface area contributed by atoms with Gasteiger partial charge in [0.25, 0.3) is 0 Å². The van der Waals surface area contributed by atoms with Gasteiger partial charge in [0.15, 0.2) is 0 Å². The summed E-state index contributed by atoms with van der Waals surface area (Å²) < 4.78 is 0. The zero-order chi connectivity index (χ0) is 14.0. The van der Waals surface area contributed by atoms with E-state index in [1.807, 2.05) is 0 Å². The van der Waals surface area contributed by atoms with Gasteiger partial charge in [0.1, 0.15) is 0 Å². The van der Waals surface area contributed by atoms with Gasteiger partial charge in [-0.3, -0.25) is 4.90 Å². The fourth-order valence-corrected chi connectivity index (χ4v) is 3.99. The van der Waals surface area contributed by atoms with Crippen molar-refractivity contribution in [3.05, 3.63) is 22.4 Å². The SMILES string of the molecule is CC(N)C(c1ccsc1)N(C)CC1(N(C)C)CCC1. The van der Waals surface area contributed by atoms with Gasteiger partial charge in [-0.25, -0.2) is 0 Å². The Morgan fingerprint density at radius 1 is 1.37 bits per heavy atom. The maximum atomic E-state index is 6.23. The zero-order valence-corrected chi connectivity index (χ0v) is 13.4. The molecule has 0 bridgehead atoms. The highest BCUT2D eigenvalue weighted by Crippen LogP contribution is 2.38. The highest BCUT2D eigenvalue weighted by molar-refractivity contribution is 7.07. The normalized spacial score (nSPS) is 21.4. The van der Waals surface area contributed by atoms with Crippen LogP contribution >= 0.6 is 11.3 Å². The molecule has 0 radical (unpaired) electrons. The highest BCUT2D eigenvalue weighted by atomic mass is 32.1. The first-order valence-electron chi connectivity index (χ1n) is 7.12. The number of hydrogen-bond acceptors (Lipinski definition) is 4. The topological polar surface area (TPSA) is 32.5 Å². The third kappa shape index (κ3) is 3.02. The summed E-state index contributed by atoms with van der Waals surface area (Å²) in [5.74, 6) is 0. The predicted molar refractivity (Wildman–Crippen MR) is 83.6 cm³/mol. The van der Waals surface area contributed by atoms with E-state index in [-0.39, 0.29) is 6.04 Å². The maximum Gasteiger partial charge on any atom is 0.0502 e. The highest BCUT2D eigenvalue weighted by Gasteiger charge is 2.41. The van der Waals surface area contributed by atoms with Gasteiger partial charge in [0.05, 0.1) is 6.04 Å². The molecule has 4 heteroatoms. The van der Waals surface area contributed by atoms with Crippen LogP contribution in [-0.2, 0) is 0 Å². The number of likely N-dealkylation sites (N-methyl/N-ethyl adjacent to an activating group) is 2. The molecule has 19 heavy (non-hydrogen) atoms. The molecule has 1 fully saturated rings. The lowest BCUT2D eigenvalue weighted by Gasteiger charge is -2.50. The number of rotatable bonds is 6. The quantitative estimate of drug-likeness (QED) is 0.870. The molecule has 3 nitrogen and oxygen atoms in total. The number of hydrogen-bond donors (Lipinski definition) is 1. The van der Waals surface area contributed by atoms with Crippen molar-refractivity contribution >= 4 is 11.3 Å². The maximum absolute atomic E-state index is 6.23. The van der Waals surface area contributed by atoms with Crippen LogP contribution in [0.4, 0.5) is 0 Å². The van der Waals surface area contributed by atoms with E-state index in [0.717, 1.165) is 6.54 Å². The van der Waals surface area contributed by atoms with E-state index < -0.39 is 0 Å². The molecule has 1 aromatic heterocycles. The smallest absolute Gasteiger partial charge is 0.0502 e. The molecule has 1 aliphatic carbocycles. The van der Waals surface area contributed by atoms with E-state index >= 15 is 0 Å². The summed E-state index contributed by atoms with van der Waals surface area (Å²) in [7, 11) is 6.63. The van der Waals surface area contributed by atoms with Crippen LogP contribution in [0.1, 0.15) is 37.8 Å². The Bertz CT molecular complexity index is 382. The molecule has 2 N–H and O–H groups in total. The molecular formula is C15H27N3S. The Morgan fingerprint density at radius 2 is 2.05 bits per heavy atom. The van der Waals surface area contributed by atoms with Gasteiger partial charge in [0.2, 0.25) is 0 Å². The Kier molecular flexibility index (Phi) is 4.66. The second kappa shape index (κ2) is 5.92. The van der Waals surface area contributed by atoms with Crippen molar-refractivity contribution in [2.24, 2.45) is 5.73 Å². The van der Waals surface area contributed by atoms with E-state index in [0.29, 0.717) is 11.6 Å². The van der Waals surface area contributed by atoms with Gasteiger partial charge in [0, 0.05) is 18.1 Å². The van der Waals surface area contributed by atoms with Crippen LogP contribution in [0.15, 0.2) is 16.8 Å². The molecule has 2 unspecified atom stereocenters. The minimum Gasteiger partial charge on any atom is -0.326 e. The Labute approximate surface area is 121 Å². The average Bonchev–Trinajstić information content (AvgIpc) is 2.75. The molecule has 1 aromatic rings. The molecule has 1 heterocycles. The third-order valence-electron chi connectivity index (χ3n) is 4.63. The van der Waals surface area contributed by atoms with Gasteiger partial charge in [-0.05, 0) is 69.7 Å². The number of nitrogens with zero attached hydrogens (tertiary/aromatic N) is 2. The van der Waals surface area contributed by atoms with Crippen molar-refractivity contribution in [3.63, 3.8) is 0 Å². The van der Waals surface area contributed by atoms with E-state index in [2.05, 4.69) is 54.7 Å². The van der Waals surface area contributed by atoms with Crippen LogP contribution in [0.25, 0.3) is 0 Å². The van der Waals surface area contributed by atoms with Gasteiger partial charge >= 0.3 is 0 Å². The Hall–Kier alpha value is -0.420. The molecule has 108 valence electrons. The second-order valence-electron chi connectivity index (χ2n) is 6.25. The predicted octanol–water partition coefficient (Wildman–Crippen LogP) is 2.55. The van der Waals surface area contributed by atoms with Crippen molar-refractivity contribution in [2.45, 2.75) is 43.8 Å². The van der Waals surface area contributed by atoms with Crippen LogP contribution in [-0.4, -0.2) is 49.1 Å². The van der Waals surface area contributed by atoms with Crippen molar-refractivity contribution < 1.29 is 0 Å². The van der Waals surface area contributed by atoms with Crippen molar-refractivity contribution in [1.82, 2.24) is 9.80 Å². The van der Waals surface area contributed by atoms with Crippen LogP contribution in [0.2, 0.25) is 0 Å². The second-order valence-corrected chi connectivity index (χ2v) is 7.03. The lowest BCUT2D eigenvalue weighted by atomic mass is 9.75. The molecule has 0 aliphatic heterocycles. The van der Waals surface area contributed by atoms with E-state index in [1.165, 1.54) is 24.8 Å². The zero-order valence-electron chi connectivity index (χ0n) is 12.6. The van der Waals surface area contributed by atoms with Gasteiger partial charge < -0.3 is 10.6 Å². The molecule has 1 aliphatic rings. The van der Waals surface area contributed by atoms with Gasteiger partial charge in [-0.1, -0.05) is 0 Å². The number of nitrogens with two attached hydrogens (primary N) is 1. The number of thiophene rings is 1. The molecule has 0 saturated heterocycles. The summed E-state index contributed by atoms with van der Waals surface area (Å²) in [6, 6.07) is 2.68. The molecule has 0 aromatic carbocycles. The lowest BCUT2D eigenvalue weighted by Crippen LogP contribution is -2.58. The van der Waals surface area contributed by atoms with E-state index in [4.69, 9.17) is 5.73 Å². The molecule has 0 amide bonds. The van der Waals surface area contributed by atoms with Crippen molar-refractivity contribution in [1.29, 1.82) is 0 Å². The van der Waals surface area contributed by atoms with Gasteiger partial charge in [-0.15, -0.1) is 0 Å². The van der Waals surface area contributed by atoms with Crippen LogP contribution in [0.3, 0.4) is 0 Å². The largest absolute Gasteiger partial charge is 0.326 e. The fourth-order valence-electron chi connectivity index (χ4n) is 3.30. The van der Waals surface area contributed by atoms with Crippen molar-refractivity contribution in [3.8, 4) is 0 Å². The van der Waals surface area contributed by atoms with Crippen LogP contribution in [0.5, 0.6) is 0 Å². The Morgan fingerprint density at radius 3 is 2.42 bits per heavy atom. The van der Waals surface area contributed by atoms with Crippen LogP contribution in [0, 0.1) is 0 Å². The average molecular weight is 281 g/mol. The third-order valence-corrected chi connectivity index (χ3v) is 5.34. The van der Waals surface area contributed by atoms with Crippen molar-refractivity contribution in [2.75, 3.05) is 27.7 Å². The minimum absolute atomic E-state index is 0.152. The first-order valence-corrected chi connectivity index (χ1v) is 8.06. The first kappa shape index (κ1) is 15.0. The summed E-state index contributed by atoms with van der Waals surface area (Å²) in [5, 5.41) is 4.37. The monoisotopic (exact) mass is 281 g/mol. The lowest BCUT2D eigenvalue weighted by molar-refractivity contribution is 0.0131. The summed E-state index contributed by atoms with van der Waals surface area (Å²) in [6.07, 6.45) is 3.96. The fraction of sp³-hybridized carbons (Fsp3) is 0.733. The molecular weight excluding hydrogens is 254 g/mol. The summed E-state index contributed by atoms with van der Waals surface area (Å²) in [5.41, 5.74) is 7.95. The molecule has 0 spiro atoms. The summed E-state index contributed by atoms with van der Waals surface area (Å²) in [4.78, 5) is 4.85. The van der Waals surface area contributed by atoms with E-state index in [1.54, 1.807) is 11.3 Å². The van der Waals surface area contributed by atoms with E-state index in [9.17, 15) is 0 Å². The first-order chi connectivity index (χ1) is 8.96. The minimum atomic E-state index is 0.152. The standard InChI is InChI=1S/C15H27N3S/c1-12(16)14(13-6-9-19-10-13)18(4)11-15(17(2)3)7-5-8-15/h6,9-10,12,14H,5,7-8,11,16H2,1-4H3. The van der Waals surface area contributed by atoms with Crippen LogP contribution < -0.4 is 5.73 Å². The molecule has 1 saturated carbocycles.